The molecular weight excluding hydrogens is 362 g/mol. The Balaban J connectivity index is 2.02. The van der Waals surface area contributed by atoms with Crippen molar-refractivity contribution >= 4 is 15.7 Å². The van der Waals surface area contributed by atoms with Crippen LogP contribution in [0, 0.1) is 11.3 Å². The Labute approximate surface area is 160 Å². The SMILES string of the molecule is COc1ccc(NS(=O)(=O)c2ccccc2C#N)c2c1C[C@@H](N(C)C)CC2. The van der Waals surface area contributed by atoms with Crippen LogP contribution in [0.25, 0.3) is 0 Å². The third kappa shape index (κ3) is 3.77. The van der Waals surface area contributed by atoms with Crippen molar-refractivity contribution < 1.29 is 13.2 Å². The number of sulfonamides is 1. The largest absolute Gasteiger partial charge is 0.496 e. The maximum absolute atomic E-state index is 12.9. The van der Waals surface area contributed by atoms with E-state index in [0.717, 1.165) is 36.1 Å². The van der Waals surface area contributed by atoms with Gasteiger partial charge in [-0.1, -0.05) is 12.1 Å². The van der Waals surface area contributed by atoms with E-state index >= 15 is 0 Å². The van der Waals surface area contributed by atoms with Gasteiger partial charge in [0, 0.05) is 11.6 Å². The van der Waals surface area contributed by atoms with E-state index in [4.69, 9.17) is 4.74 Å². The molecule has 0 fully saturated rings. The van der Waals surface area contributed by atoms with Gasteiger partial charge < -0.3 is 9.64 Å². The number of ether oxygens (including phenoxy) is 1. The summed E-state index contributed by atoms with van der Waals surface area (Å²) >= 11 is 0. The number of anilines is 1. The van der Waals surface area contributed by atoms with Gasteiger partial charge in [-0.15, -0.1) is 0 Å². The first-order valence-corrected chi connectivity index (χ1v) is 10.2. The summed E-state index contributed by atoms with van der Waals surface area (Å²) in [5.74, 6) is 0.775. The van der Waals surface area contributed by atoms with Crippen LogP contribution in [-0.4, -0.2) is 40.6 Å². The molecule has 142 valence electrons. The minimum Gasteiger partial charge on any atom is -0.496 e. The number of fused-ring (bicyclic) bond motifs is 1. The molecule has 2 aromatic rings. The fourth-order valence-electron chi connectivity index (χ4n) is 3.55. The van der Waals surface area contributed by atoms with Gasteiger partial charge in [0.25, 0.3) is 10.0 Å². The lowest BCUT2D eigenvalue weighted by Gasteiger charge is -2.32. The molecule has 6 nitrogen and oxygen atoms in total. The molecule has 3 rings (SSSR count). The van der Waals surface area contributed by atoms with Crippen LogP contribution in [-0.2, 0) is 22.9 Å². The molecule has 0 aromatic heterocycles. The second-order valence-electron chi connectivity index (χ2n) is 6.85. The minimum absolute atomic E-state index is 0.0148. The highest BCUT2D eigenvalue weighted by molar-refractivity contribution is 7.92. The van der Waals surface area contributed by atoms with Gasteiger partial charge in [0.05, 0.1) is 18.4 Å². The molecule has 0 amide bonds. The minimum atomic E-state index is -3.86. The second kappa shape index (κ2) is 7.59. The van der Waals surface area contributed by atoms with E-state index < -0.39 is 10.0 Å². The van der Waals surface area contributed by atoms with Gasteiger partial charge in [0.2, 0.25) is 0 Å². The summed E-state index contributed by atoms with van der Waals surface area (Å²) in [5, 5.41) is 9.23. The normalized spacial score (nSPS) is 16.5. The summed E-state index contributed by atoms with van der Waals surface area (Å²) in [6, 6.07) is 12.1. The highest BCUT2D eigenvalue weighted by Gasteiger charge is 2.27. The van der Waals surface area contributed by atoms with E-state index in [1.165, 1.54) is 12.1 Å². The molecule has 7 heteroatoms. The van der Waals surface area contributed by atoms with Crippen LogP contribution < -0.4 is 9.46 Å². The molecule has 0 unspecified atom stereocenters. The predicted octanol–water partition coefficient (Wildman–Crippen LogP) is 2.79. The van der Waals surface area contributed by atoms with Crippen molar-refractivity contribution in [3.05, 3.63) is 53.1 Å². The average molecular weight is 385 g/mol. The van der Waals surface area contributed by atoms with Gasteiger partial charge >= 0.3 is 0 Å². The maximum Gasteiger partial charge on any atom is 0.263 e. The number of rotatable bonds is 5. The first-order valence-electron chi connectivity index (χ1n) is 8.74. The lowest BCUT2D eigenvalue weighted by Crippen LogP contribution is -2.34. The van der Waals surface area contributed by atoms with Gasteiger partial charge in [-0.05, 0) is 63.2 Å². The zero-order valence-electron chi connectivity index (χ0n) is 15.7. The average Bonchev–Trinajstić information content (AvgIpc) is 2.67. The van der Waals surface area contributed by atoms with E-state index in [9.17, 15) is 13.7 Å². The molecular formula is C20H23N3O3S. The lowest BCUT2D eigenvalue weighted by atomic mass is 9.86. The van der Waals surface area contributed by atoms with Crippen molar-refractivity contribution in [1.29, 1.82) is 5.26 Å². The summed E-state index contributed by atoms with van der Waals surface area (Å²) in [6.07, 6.45) is 2.50. The van der Waals surface area contributed by atoms with E-state index in [1.807, 2.05) is 20.2 Å². The van der Waals surface area contributed by atoms with Crippen molar-refractivity contribution in [2.75, 3.05) is 25.9 Å². The molecule has 0 radical (unpaired) electrons. The smallest absolute Gasteiger partial charge is 0.263 e. The van der Waals surface area contributed by atoms with Crippen molar-refractivity contribution in [2.24, 2.45) is 0 Å². The maximum atomic E-state index is 12.9. The zero-order chi connectivity index (χ0) is 19.6. The monoisotopic (exact) mass is 385 g/mol. The molecule has 0 saturated carbocycles. The van der Waals surface area contributed by atoms with Crippen molar-refractivity contribution in [3.63, 3.8) is 0 Å². The van der Waals surface area contributed by atoms with Gasteiger partial charge in [0.1, 0.15) is 16.7 Å². The fraction of sp³-hybridized carbons (Fsp3) is 0.350. The van der Waals surface area contributed by atoms with Crippen molar-refractivity contribution in [2.45, 2.75) is 30.2 Å². The second-order valence-corrected chi connectivity index (χ2v) is 8.50. The summed E-state index contributed by atoms with van der Waals surface area (Å²) in [5.41, 5.74) is 2.68. The van der Waals surface area contributed by atoms with Crippen molar-refractivity contribution in [1.82, 2.24) is 4.90 Å². The Hall–Kier alpha value is -2.56. The number of hydrogen-bond acceptors (Lipinski definition) is 5. The van der Waals surface area contributed by atoms with E-state index in [1.54, 1.807) is 31.4 Å². The fourth-order valence-corrected chi connectivity index (χ4v) is 4.80. The number of likely N-dealkylation sites (N-methyl/N-ethyl adjacent to an activating group) is 1. The number of nitrogens with zero attached hydrogens (tertiary/aromatic N) is 2. The van der Waals surface area contributed by atoms with Crippen LogP contribution in [0.2, 0.25) is 0 Å². The summed E-state index contributed by atoms with van der Waals surface area (Å²) in [4.78, 5) is 2.17. The van der Waals surface area contributed by atoms with E-state index in [0.29, 0.717) is 11.7 Å². The summed E-state index contributed by atoms with van der Waals surface area (Å²) in [6.45, 7) is 0. The predicted molar refractivity (Wildman–Crippen MR) is 104 cm³/mol. The van der Waals surface area contributed by atoms with Crippen molar-refractivity contribution in [3.8, 4) is 11.8 Å². The first-order chi connectivity index (χ1) is 12.9. The molecule has 0 bridgehead atoms. The summed E-state index contributed by atoms with van der Waals surface area (Å²) in [7, 11) is 1.86. The first kappa shape index (κ1) is 19.2. The van der Waals surface area contributed by atoms with E-state index in [2.05, 4.69) is 9.62 Å². The van der Waals surface area contributed by atoms with E-state index in [-0.39, 0.29) is 10.5 Å². The molecule has 0 spiro atoms. The topological polar surface area (TPSA) is 82.4 Å². The van der Waals surface area contributed by atoms with Crippen LogP contribution in [0.4, 0.5) is 5.69 Å². The Kier molecular flexibility index (Phi) is 5.40. The van der Waals surface area contributed by atoms with Crippen LogP contribution in [0.1, 0.15) is 23.1 Å². The Morgan fingerprint density at radius 3 is 2.59 bits per heavy atom. The molecule has 1 aliphatic carbocycles. The standard InChI is InChI=1S/C20H23N3O3S/c1-23(2)15-8-9-16-17(12-15)19(26-3)11-10-18(16)22-27(24,25)20-7-5-4-6-14(20)13-21/h4-7,10-11,15,22H,8-9,12H2,1-3H3/t15-/m0/s1. The van der Waals surface area contributed by atoms with Gasteiger partial charge in [-0.25, -0.2) is 8.42 Å². The Bertz CT molecular complexity index is 994. The van der Waals surface area contributed by atoms with Crippen LogP contribution in [0.15, 0.2) is 41.3 Å². The number of benzene rings is 2. The molecule has 1 aliphatic rings. The molecule has 27 heavy (non-hydrogen) atoms. The highest BCUT2D eigenvalue weighted by atomic mass is 32.2. The third-order valence-electron chi connectivity index (χ3n) is 5.05. The highest BCUT2D eigenvalue weighted by Crippen LogP contribution is 2.36. The number of nitriles is 1. The summed E-state index contributed by atoms with van der Waals surface area (Å²) < 4.78 is 34.0. The van der Waals surface area contributed by atoms with Gasteiger partial charge in [-0.2, -0.15) is 5.26 Å². The number of nitrogens with one attached hydrogen (secondary N) is 1. The quantitative estimate of drug-likeness (QED) is 0.856. The number of hydrogen-bond donors (Lipinski definition) is 1. The molecule has 1 atom stereocenters. The molecule has 2 aromatic carbocycles. The molecule has 0 heterocycles. The molecule has 1 N–H and O–H groups in total. The van der Waals surface area contributed by atoms with Crippen LogP contribution in [0.3, 0.4) is 0 Å². The van der Waals surface area contributed by atoms with Crippen LogP contribution >= 0.6 is 0 Å². The van der Waals surface area contributed by atoms with Gasteiger partial charge in [0.15, 0.2) is 0 Å². The number of methoxy groups -OCH3 is 1. The zero-order valence-corrected chi connectivity index (χ0v) is 16.5. The lowest BCUT2D eigenvalue weighted by molar-refractivity contribution is 0.265. The van der Waals surface area contributed by atoms with Gasteiger partial charge in [-0.3, -0.25) is 4.72 Å². The third-order valence-corrected chi connectivity index (χ3v) is 6.47. The Morgan fingerprint density at radius 2 is 1.93 bits per heavy atom. The van der Waals surface area contributed by atoms with Crippen LogP contribution in [0.5, 0.6) is 5.75 Å². The molecule has 0 aliphatic heterocycles. The Morgan fingerprint density at radius 1 is 1.19 bits per heavy atom. The molecule has 0 saturated heterocycles.